The highest BCUT2D eigenvalue weighted by Gasteiger charge is 2.30. The van der Waals surface area contributed by atoms with E-state index in [2.05, 4.69) is 9.97 Å². The Bertz CT molecular complexity index is 590. The molecule has 0 unspecified atom stereocenters. The summed E-state index contributed by atoms with van der Waals surface area (Å²) in [6.07, 6.45) is -0.831. The van der Waals surface area contributed by atoms with Crippen molar-refractivity contribution in [3.8, 4) is 0 Å². The Kier molecular flexibility index (Phi) is 3.47. The van der Waals surface area contributed by atoms with Gasteiger partial charge in [-0.1, -0.05) is 18.3 Å². The van der Waals surface area contributed by atoms with Gasteiger partial charge in [-0.15, -0.1) is 0 Å². The minimum atomic E-state index is -4.38. The minimum Gasteiger partial charge on any atom is -0.350 e. The molecule has 0 aromatic carbocycles. The molecule has 0 aliphatic heterocycles. The topological polar surface area (TPSA) is 28.7 Å². The van der Waals surface area contributed by atoms with E-state index in [1.54, 1.807) is 24.5 Å². The fourth-order valence-electron chi connectivity index (χ4n) is 1.58. The van der Waals surface area contributed by atoms with Crippen molar-refractivity contribution in [2.24, 2.45) is 0 Å². The molecule has 18 heavy (non-hydrogen) atoms. The average molecular weight is 270 g/mol. The average Bonchev–Trinajstić information content (AvgIpc) is 2.28. The van der Waals surface area contributed by atoms with E-state index >= 15 is 0 Å². The van der Waals surface area contributed by atoms with Crippen LogP contribution in [0.2, 0.25) is 0 Å². The fourth-order valence-corrected chi connectivity index (χ4v) is 1.84. The van der Waals surface area contributed by atoms with E-state index in [0.29, 0.717) is 12.1 Å². The second-order valence-electron chi connectivity index (χ2n) is 3.79. The third-order valence-corrected chi connectivity index (χ3v) is 2.56. The standard InChI is InChI=1S/C12H9F3N2S/c13-12(14,15)9-5-10(17-11(18)6-9)4-8-2-1-3-16-7-8/h1-3,5-7H,4H2,(H,17,18). The molecular formula is C12H9F3N2S. The lowest BCUT2D eigenvalue weighted by Crippen LogP contribution is -2.07. The van der Waals surface area contributed by atoms with Crippen LogP contribution in [-0.2, 0) is 12.6 Å². The van der Waals surface area contributed by atoms with Gasteiger partial charge in [0, 0.05) is 24.5 Å². The summed E-state index contributed by atoms with van der Waals surface area (Å²) in [6, 6.07) is 5.52. The van der Waals surface area contributed by atoms with Crippen LogP contribution < -0.4 is 0 Å². The Morgan fingerprint density at radius 3 is 2.67 bits per heavy atom. The first-order valence-electron chi connectivity index (χ1n) is 5.14. The Hall–Kier alpha value is -1.69. The van der Waals surface area contributed by atoms with Gasteiger partial charge in [0.25, 0.3) is 0 Å². The molecule has 94 valence electrons. The third-order valence-electron chi connectivity index (χ3n) is 2.34. The molecule has 6 heteroatoms. The maximum absolute atomic E-state index is 12.6. The van der Waals surface area contributed by atoms with Crippen LogP contribution >= 0.6 is 12.2 Å². The third kappa shape index (κ3) is 3.16. The van der Waals surface area contributed by atoms with E-state index in [9.17, 15) is 13.2 Å². The predicted octanol–water partition coefficient (Wildman–Crippen LogP) is 3.75. The zero-order valence-electron chi connectivity index (χ0n) is 9.16. The normalized spacial score (nSPS) is 11.5. The lowest BCUT2D eigenvalue weighted by molar-refractivity contribution is -0.137. The van der Waals surface area contributed by atoms with E-state index in [-0.39, 0.29) is 4.64 Å². The van der Waals surface area contributed by atoms with Gasteiger partial charge in [-0.2, -0.15) is 13.2 Å². The van der Waals surface area contributed by atoms with E-state index < -0.39 is 11.7 Å². The van der Waals surface area contributed by atoms with Gasteiger partial charge in [-0.3, -0.25) is 4.98 Å². The zero-order valence-corrected chi connectivity index (χ0v) is 9.98. The Morgan fingerprint density at radius 2 is 2.06 bits per heavy atom. The molecule has 0 aliphatic rings. The first-order chi connectivity index (χ1) is 8.45. The van der Waals surface area contributed by atoms with Crippen LogP contribution in [0.5, 0.6) is 0 Å². The first kappa shape index (κ1) is 12.8. The van der Waals surface area contributed by atoms with Gasteiger partial charge in [0.1, 0.15) is 4.64 Å². The number of nitrogens with zero attached hydrogens (tertiary/aromatic N) is 1. The number of pyridine rings is 2. The van der Waals surface area contributed by atoms with Gasteiger partial charge in [-0.25, -0.2) is 0 Å². The van der Waals surface area contributed by atoms with E-state index in [4.69, 9.17) is 12.2 Å². The second kappa shape index (κ2) is 4.89. The molecular weight excluding hydrogens is 261 g/mol. The van der Waals surface area contributed by atoms with Gasteiger partial charge in [0.05, 0.1) is 5.56 Å². The molecule has 0 amide bonds. The van der Waals surface area contributed by atoms with Crippen molar-refractivity contribution in [3.63, 3.8) is 0 Å². The summed E-state index contributed by atoms with van der Waals surface area (Å²) in [5.41, 5.74) is 0.510. The molecule has 1 N–H and O–H groups in total. The number of aromatic nitrogens is 2. The van der Waals surface area contributed by atoms with E-state index in [1.165, 1.54) is 0 Å². The summed E-state index contributed by atoms with van der Waals surface area (Å²) >= 11 is 4.80. The van der Waals surface area contributed by atoms with Crippen LogP contribution in [0.4, 0.5) is 13.2 Å². The molecule has 0 atom stereocenters. The number of halogens is 3. The summed E-state index contributed by atoms with van der Waals surface area (Å²) in [6.45, 7) is 0. The smallest absolute Gasteiger partial charge is 0.350 e. The van der Waals surface area contributed by atoms with Crippen LogP contribution in [0.25, 0.3) is 0 Å². The highest BCUT2D eigenvalue weighted by Crippen LogP contribution is 2.29. The maximum Gasteiger partial charge on any atom is 0.416 e. The Labute approximate surface area is 107 Å². The van der Waals surface area contributed by atoms with Gasteiger partial charge >= 0.3 is 6.18 Å². The molecule has 2 nitrogen and oxygen atoms in total. The van der Waals surface area contributed by atoms with Crippen LogP contribution in [0, 0.1) is 4.64 Å². The number of nitrogens with one attached hydrogen (secondary N) is 1. The summed E-state index contributed by atoms with van der Waals surface area (Å²) in [7, 11) is 0. The molecule has 2 aromatic rings. The molecule has 0 bridgehead atoms. The Morgan fingerprint density at radius 1 is 1.28 bits per heavy atom. The SMILES string of the molecule is FC(F)(F)c1cc(Cc2cccnc2)[nH]c(=S)c1. The van der Waals surface area contributed by atoms with Gasteiger partial charge in [0.15, 0.2) is 0 Å². The van der Waals surface area contributed by atoms with Crippen molar-refractivity contribution < 1.29 is 13.2 Å². The largest absolute Gasteiger partial charge is 0.416 e. The molecule has 2 aromatic heterocycles. The highest BCUT2D eigenvalue weighted by molar-refractivity contribution is 7.71. The van der Waals surface area contributed by atoms with Crippen molar-refractivity contribution in [1.29, 1.82) is 0 Å². The zero-order chi connectivity index (χ0) is 13.2. The highest BCUT2D eigenvalue weighted by atomic mass is 32.1. The molecule has 0 fully saturated rings. The van der Waals surface area contributed by atoms with Crippen LogP contribution in [0.15, 0.2) is 36.7 Å². The van der Waals surface area contributed by atoms with Crippen molar-refractivity contribution >= 4 is 12.2 Å². The lowest BCUT2D eigenvalue weighted by Gasteiger charge is -2.09. The number of aromatic amines is 1. The predicted molar refractivity (Wildman–Crippen MR) is 63.7 cm³/mol. The van der Waals surface area contributed by atoms with E-state index in [1.807, 2.05) is 0 Å². The summed E-state index contributed by atoms with van der Waals surface area (Å²) < 4.78 is 37.9. The monoisotopic (exact) mass is 270 g/mol. The Balaban J connectivity index is 2.35. The first-order valence-corrected chi connectivity index (χ1v) is 5.55. The van der Waals surface area contributed by atoms with E-state index in [0.717, 1.165) is 17.7 Å². The molecule has 0 aliphatic carbocycles. The van der Waals surface area contributed by atoms with Crippen molar-refractivity contribution in [3.05, 3.63) is 58.1 Å². The fraction of sp³-hybridized carbons (Fsp3) is 0.167. The number of hydrogen-bond acceptors (Lipinski definition) is 2. The molecule has 0 saturated heterocycles. The number of hydrogen-bond donors (Lipinski definition) is 1. The summed E-state index contributed by atoms with van der Waals surface area (Å²) in [5.74, 6) is 0. The number of H-pyrrole nitrogens is 1. The number of rotatable bonds is 2. The van der Waals surface area contributed by atoms with Crippen molar-refractivity contribution in [2.45, 2.75) is 12.6 Å². The number of alkyl halides is 3. The molecule has 0 radical (unpaired) electrons. The second-order valence-corrected chi connectivity index (χ2v) is 4.23. The maximum atomic E-state index is 12.6. The van der Waals surface area contributed by atoms with Crippen molar-refractivity contribution in [1.82, 2.24) is 9.97 Å². The van der Waals surface area contributed by atoms with Crippen LogP contribution in [0.1, 0.15) is 16.8 Å². The lowest BCUT2D eigenvalue weighted by atomic mass is 10.1. The molecule has 0 saturated carbocycles. The van der Waals surface area contributed by atoms with Gasteiger partial charge in [0.2, 0.25) is 0 Å². The summed E-state index contributed by atoms with van der Waals surface area (Å²) in [4.78, 5) is 6.67. The molecule has 0 spiro atoms. The molecule has 2 rings (SSSR count). The van der Waals surface area contributed by atoms with Crippen LogP contribution in [-0.4, -0.2) is 9.97 Å². The molecule has 2 heterocycles. The van der Waals surface area contributed by atoms with Crippen LogP contribution in [0.3, 0.4) is 0 Å². The van der Waals surface area contributed by atoms with Gasteiger partial charge < -0.3 is 4.98 Å². The summed E-state index contributed by atoms with van der Waals surface area (Å²) in [5, 5.41) is 0. The quantitative estimate of drug-likeness (QED) is 0.842. The minimum absolute atomic E-state index is 0.0729. The van der Waals surface area contributed by atoms with Crippen molar-refractivity contribution in [2.75, 3.05) is 0 Å². The van der Waals surface area contributed by atoms with Gasteiger partial charge in [-0.05, 0) is 23.8 Å².